The molecule has 0 saturated heterocycles. The van der Waals surface area contributed by atoms with E-state index in [1.54, 1.807) is 36.4 Å². The Kier molecular flexibility index (Phi) is 8.49. The number of carbonyl (C=O) groups is 3. The van der Waals surface area contributed by atoms with E-state index >= 15 is 0 Å². The highest BCUT2D eigenvalue weighted by atomic mass is 32.1. The third-order valence-electron chi connectivity index (χ3n) is 5.44. The first-order chi connectivity index (χ1) is 17.1. The molecule has 36 heavy (non-hydrogen) atoms. The van der Waals surface area contributed by atoms with Gasteiger partial charge in [0.15, 0.2) is 5.69 Å². The molecule has 11 heteroatoms. The summed E-state index contributed by atoms with van der Waals surface area (Å²) in [5.41, 5.74) is 11.7. The summed E-state index contributed by atoms with van der Waals surface area (Å²) >= 11 is 0.711. The Morgan fingerprint density at radius 3 is 2.42 bits per heavy atom. The predicted octanol–water partition coefficient (Wildman–Crippen LogP) is 3.09. The molecule has 0 aliphatic carbocycles. The molecule has 0 aliphatic rings. The summed E-state index contributed by atoms with van der Waals surface area (Å²) < 4.78 is 9.16. The van der Waals surface area contributed by atoms with Crippen molar-refractivity contribution in [1.82, 2.24) is 9.69 Å². The maximum Gasteiger partial charge on any atom is 0.273 e. The molecule has 6 N–H and O–H groups in total. The molecule has 1 aromatic heterocycles. The summed E-state index contributed by atoms with van der Waals surface area (Å²) in [7, 11) is 1.52. The van der Waals surface area contributed by atoms with Crippen molar-refractivity contribution in [3.05, 3.63) is 64.7 Å². The van der Waals surface area contributed by atoms with Gasteiger partial charge in [-0.3, -0.25) is 19.3 Å². The number of primary amides is 1. The second kappa shape index (κ2) is 11.5. The number of nitrogens with two attached hydrogens (primary N) is 2. The van der Waals surface area contributed by atoms with Gasteiger partial charge < -0.3 is 26.6 Å². The zero-order valence-corrected chi connectivity index (χ0v) is 21.0. The maximum atomic E-state index is 13.9. The van der Waals surface area contributed by atoms with Crippen molar-refractivity contribution in [3.63, 3.8) is 0 Å². The van der Waals surface area contributed by atoms with Crippen LogP contribution in [-0.2, 0) is 4.79 Å². The predicted molar refractivity (Wildman–Crippen MR) is 138 cm³/mol. The number of rotatable bonds is 10. The molecule has 1 heterocycles. The number of phenols is 1. The van der Waals surface area contributed by atoms with Crippen molar-refractivity contribution in [2.75, 3.05) is 24.3 Å². The third-order valence-corrected chi connectivity index (χ3v) is 6.29. The van der Waals surface area contributed by atoms with E-state index in [9.17, 15) is 19.5 Å². The molecule has 3 amide bonds. The number of phenolic OH excluding ortho intramolecular Hbond substituents is 1. The van der Waals surface area contributed by atoms with E-state index in [-0.39, 0.29) is 27.7 Å². The van der Waals surface area contributed by atoms with E-state index in [0.717, 1.165) is 6.42 Å². The molecule has 190 valence electrons. The van der Waals surface area contributed by atoms with Gasteiger partial charge in [0.05, 0.1) is 12.8 Å². The second-order valence-corrected chi connectivity index (χ2v) is 9.26. The molecular formula is C25H29N5O5S. The van der Waals surface area contributed by atoms with Crippen molar-refractivity contribution in [1.29, 1.82) is 0 Å². The highest BCUT2D eigenvalue weighted by molar-refractivity contribution is 7.09. The van der Waals surface area contributed by atoms with Crippen LogP contribution < -0.4 is 26.4 Å². The molecule has 0 radical (unpaired) electrons. The summed E-state index contributed by atoms with van der Waals surface area (Å²) in [6, 6.07) is 11.5. The topological polar surface area (TPSA) is 161 Å². The lowest BCUT2D eigenvalue weighted by atomic mass is 10.0. The number of benzene rings is 2. The Labute approximate surface area is 213 Å². The van der Waals surface area contributed by atoms with Gasteiger partial charge in [0.2, 0.25) is 5.91 Å². The zero-order chi connectivity index (χ0) is 26.4. The molecule has 3 aromatic rings. The van der Waals surface area contributed by atoms with E-state index in [2.05, 4.69) is 9.69 Å². The molecule has 0 fully saturated rings. The number of aromatic hydroxyl groups is 1. The van der Waals surface area contributed by atoms with Crippen LogP contribution in [0, 0.1) is 5.92 Å². The first kappa shape index (κ1) is 26.5. The van der Waals surface area contributed by atoms with Gasteiger partial charge in [0.25, 0.3) is 11.8 Å². The number of aromatic nitrogens is 1. The van der Waals surface area contributed by atoms with E-state index in [1.807, 2.05) is 13.8 Å². The molecule has 0 unspecified atom stereocenters. The number of nitrogens with zero attached hydrogens (tertiary/aromatic N) is 2. The monoisotopic (exact) mass is 511 g/mol. The lowest BCUT2D eigenvalue weighted by Gasteiger charge is -2.31. The lowest BCUT2D eigenvalue weighted by Crippen LogP contribution is -2.44. The van der Waals surface area contributed by atoms with Crippen LogP contribution in [-0.4, -0.2) is 40.9 Å². The fourth-order valence-corrected chi connectivity index (χ4v) is 4.29. The number of hydrogen-bond acceptors (Lipinski definition) is 8. The Balaban J connectivity index is 2.16. The normalized spacial score (nSPS) is 11.7. The fraction of sp³-hybridized carbons (Fsp3) is 0.280. The number of carbonyl (C=O) groups excluding carboxylic acids is 3. The smallest absolute Gasteiger partial charge is 0.273 e. The highest BCUT2D eigenvalue weighted by Crippen LogP contribution is 2.34. The van der Waals surface area contributed by atoms with Crippen LogP contribution in [0.5, 0.6) is 11.5 Å². The van der Waals surface area contributed by atoms with Gasteiger partial charge in [-0.15, -0.1) is 0 Å². The van der Waals surface area contributed by atoms with Crippen LogP contribution >= 0.6 is 11.5 Å². The molecule has 0 spiro atoms. The minimum Gasteiger partial charge on any atom is -0.508 e. The molecular weight excluding hydrogens is 482 g/mol. The Hall–Kier alpha value is -4.12. The van der Waals surface area contributed by atoms with Gasteiger partial charge in [-0.2, -0.15) is 4.37 Å². The van der Waals surface area contributed by atoms with Gasteiger partial charge in [0, 0.05) is 18.3 Å². The van der Waals surface area contributed by atoms with Gasteiger partial charge in [-0.1, -0.05) is 32.0 Å². The SMILES string of the molecule is COc1ccc([C@@H](C(=O)NCCC(C)C)N(C(=O)c2snc(C(N)=O)c2N)c2cccc(O)c2)cc1. The average molecular weight is 512 g/mol. The van der Waals surface area contributed by atoms with E-state index < -0.39 is 23.8 Å². The van der Waals surface area contributed by atoms with Crippen LogP contribution in [0.3, 0.4) is 0 Å². The Morgan fingerprint density at radius 2 is 1.86 bits per heavy atom. The van der Waals surface area contributed by atoms with Crippen molar-refractivity contribution in [2.45, 2.75) is 26.3 Å². The van der Waals surface area contributed by atoms with Crippen LogP contribution in [0.4, 0.5) is 11.4 Å². The first-order valence-electron chi connectivity index (χ1n) is 11.2. The van der Waals surface area contributed by atoms with Crippen LogP contribution in [0.25, 0.3) is 0 Å². The molecule has 0 aliphatic heterocycles. The fourth-order valence-electron chi connectivity index (χ4n) is 3.55. The van der Waals surface area contributed by atoms with Crippen LogP contribution in [0.2, 0.25) is 0 Å². The van der Waals surface area contributed by atoms with Crippen molar-refractivity contribution >= 4 is 40.6 Å². The highest BCUT2D eigenvalue weighted by Gasteiger charge is 2.36. The number of hydrogen-bond donors (Lipinski definition) is 4. The quantitative estimate of drug-likeness (QED) is 0.325. The summed E-state index contributed by atoms with van der Waals surface area (Å²) in [4.78, 5) is 40.4. The molecule has 0 bridgehead atoms. The van der Waals surface area contributed by atoms with Gasteiger partial charge in [0.1, 0.15) is 22.4 Å². The molecule has 2 aromatic carbocycles. The van der Waals surface area contributed by atoms with Crippen LogP contribution in [0.15, 0.2) is 48.5 Å². The molecule has 3 rings (SSSR count). The summed E-state index contributed by atoms with van der Waals surface area (Å²) in [5.74, 6) is -1.15. The third kappa shape index (κ3) is 5.92. The number of ether oxygens (including phenoxy) is 1. The number of nitrogen functional groups attached to an aromatic ring is 1. The number of amides is 3. The Morgan fingerprint density at radius 1 is 1.17 bits per heavy atom. The minimum absolute atomic E-state index is 0.0550. The van der Waals surface area contributed by atoms with Gasteiger partial charge >= 0.3 is 0 Å². The van der Waals surface area contributed by atoms with Crippen LogP contribution in [0.1, 0.15) is 52.0 Å². The minimum atomic E-state index is -1.14. The second-order valence-electron chi connectivity index (χ2n) is 8.48. The molecule has 10 nitrogen and oxygen atoms in total. The summed E-state index contributed by atoms with van der Waals surface area (Å²) in [5, 5.41) is 13.1. The van der Waals surface area contributed by atoms with Gasteiger partial charge in [-0.25, -0.2) is 0 Å². The largest absolute Gasteiger partial charge is 0.508 e. The first-order valence-corrected chi connectivity index (χ1v) is 12.0. The lowest BCUT2D eigenvalue weighted by molar-refractivity contribution is -0.122. The van der Waals surface area contributed by atoms with Gasteiger partial charge in [-0.05, 0) is 53.7 Å². The average Bonchev–Trinajstić information content (AvgIpc) is 3.23. The van der Waals surface area contributed by atoms with Crippen molar-refractivity contribution in [3.8, 4) is 11.5 Å². The van der Waals surface area contributed by atoms with E-state index in [1.165, 1.54) is 24.1 Å². The standard InChI is InChI=1S/C25H29N5O5S/c1-14(2)11-12-28-24(33)21(15-7-9-18(35-3)10-8-15)30(16-5-4-6-17(31)13-16)25(34)22-19(26)20(23(27)32)29-36-22/h4-10,13-14,21,31H,11-12,26H2,1-3H3,(H2,27,32)(H,28,33)/t21-/m0/s1. The number of nitrogens with one attached hydrogen (secondary N) is 1. The van der Waals surface area contributed by atoms with E-state index in [4.69, 9.17) is 16.2 Å². The molecule has 1 atom stereocenters. The number of methoxy groups -OCH3 is 1. The van der Waals surface area contributed by atoms with E-state index in [0.29, 0.717) is 35.3 Å². The maximum absolute atomic E-state index is 13.9. The van der Waals surface area contributed by atoms with Crippen molar-refractivity contribution < 1.29 is 24.2 Å². The number of anilines is 2. The summed E-state index contributed by atoms with van der Waals surface area (Å²) in [6.45, 7) is 4.48. The zero-order valence-electron chi connectivity index (χ0n) is 20.2. The Bertz CT molecular complexity index is 1240. The summed E-state index contributed by atoms with van der Waals surface area (Å²) in [6.07, 6.45) is 0.741. The van der Waals surface area contributed by atoms with Crippen molar-refractivity contribution in [2.24, 2.45) is 11.7 Å². The molecule has 0 saturated carbocycles.